The third-order valence-corrected chi connectivity index (χ3v) is 11.0. The van der Waals surface area contributed by atoms with Gasteiger partial charge in [-0.25, -0.2) is 17.6 Å². The molecule has 256 valence electrons. The van der Waals surface area contributed by atoms with Gasteiger partial charge in [0.2, 0.25) is 0 Å². The second kappa shape index (κ2) is 16.8. The van der Waals surface area contributed by atoms with Gasteiger partial charge < -0.3 is 0 Å². The third-order valence-electron chi connectivity index (χ3n) is 11.0. The van der Waals surface area contributed by atoms with E-state index in [-0.39, 0.29) is 0 Å². The van der Waals surface area contributed by atoms with Crippen LogP contribution in [0.2, 0.25) is 0 Å². The molecule has 0 spiro atoms. The Morgan fingerprint density at radius 2 is 0.938 bits per heavy atom. The number of benzene rings is 4. The zero-order valence-corrected chi connectivity index (χ0v) is 29.2. The van der Waals surface area contributed by atoms with E-state index in [4.69, 9.17) is 0 Å². The molecule has 0 radical (unpaired) electrons. The predicted molar refractivity (Wildman–Crippen MR) is 192 cm³/mol. The zero-order chi connectivity index (χ0) is 34.2. The number of hydrogen-bond donors (Lipinski definition) is 0. The summed E-state index contributed by atoms with van der Waals surface area (Å²) in [5, 5.41) is 0. The largest absolute Gasteiger partial charge is 0.203 e. The highest BCUT2D eigenvalue weighted by Crippen LogP contribution is 2.34. The maximum Gasteiger partial charge on any atom is 0.166 e. The Morgan fingerprint density at radius 1 is 0.479 bits per heavy atom. The summed E-state index contributed by atoms with van der Waals surface area (Å²) < 4.78 is 56.8. The summed E-state index contributed by atoms with van der Waals surface area (Å²) in [6.45, 7) is 8.21. The van der Waals surface area contributed by atoms with Crippen molar-refractivity contribution in [1.82, 2.24) is 0 Å². The third kappa shape index (κ3) is 9.39. The van der Waals surface area contributed by atoms with Crippen molar-refractivity contribution in [3.05, 3.63) is 118 Å². The molecule has 0 nitrogen and oxygen atoms in total. The van der Waals surface area contributed by atoms with Gasteiger partial charge in [-0.05, 0) is 91.0 Å². The fraction of sp³-hybridized carbons (Fsp3) is 0.455. The molecule has 4 aromatic carbocycles. The first-order valence-electron chi connectivity index (χ1n) is 18.2. The first kappa shape index (κ1) is 35.9. The second-order valence-electron chi connectivity index (χ2n) is 14.9. The monoisotopic (exact) mass is 656 g/mol. The predicted octanol–water partition coefficient (Wildman–Crippen LogP) is 13.4. The number of rotatable bonds is 8. The van der Waals surface area contributed by atoms with Crippen LogP contribution < -0.4 is 0 Å². The van der Waals surface area contributed by atoms with E-state index in [1.807, 2.05) is 43.3 Å². The molecule has 48 heavy (non-hydrogen) atoms. The molecule has 4 aromatic rings. The first-order chi connectivity index (χ1) is 23.1. The number of halogens is 4. The van der Waals surface area contributed by atoms with Crippen molar-refractivity contribution in [2.45, 2.75) is 105 Å². The molecule has 0 aromatic heterocycles. The molecule has 2 aliphatic rings. The summed E-state index contributed by atoms with van der Waals surface area (Å²) in [6, 6.07) is 22.2. The van der Waals surface area contributed by atoms with Gasteiger partial charge in [0.25, 0.3) is 0 Å². The number of aryl methyl sites for hydroxylation is 4. The van der Waals surface area contributed by atoms with Gasteiger partial charge in [0, 0.05) is 11.1 Å². The van der Waals surface area contributed by atoms with Crippen molar-refractivity contribution < 1.29 is 17.6 Å². The maximum atomic E-state index is 14.5. The van der Waals surface area contributed by atoms with Crippen molar-refractivity contribution in [3.63, 3.8) is 0 Å². The van der Waals surface area contributed by atoms with Crippen LogP contribution in [0.5, 0.6) is 0 Å². The van der Waals surface area contributed by atoms with Gasteiger partial charge in [-0.1, -0.05) is 144 Å². The Labute approximate surface area is 286 Å². The van der Waals surface area contributed by atoms with Crippen LogP contribution in [0.25, 0.3) is 22.3 Å². The van der Waals surface area contributed by atoms with E-state index < -0.39 is 23.3 Å². The average molecular weight is 657 g/mol. The molecule has 6 rings (SSSR count). The van der Waals surface area contributed by atoms with Crippen molar-refractivity contribution in [2.75, 3.05) is 0 Å². The Bertz CT molecular complexity index is 1610. The van der Waals surface area contributed by atoms with Gasteiger partial charge in [-0.3, -0.25) is 0 Å². The smallest absolute Gasteiger partial charge is 0.166 e. The Morgan fingerprint density at radius 3 is 1.48 bits per heavy atom. The highest BCUT2D eigenvalue weighted by atomic mass is 19.2. The average Bonchev–Trinajstić information content (AvgIpc) is 3.10. The standard InChI is InChI=1S/2C22H26F2/c1-15-3-7-17(8-4-15)9-12-19-13-14-20(22(24)21(19)23)18-10-5-16(2)6-11-18;1-15-3-6-17(7-4-15)8-9-18-10-12-19(13-11-18)20-14-5-16(2)21(23)22(20)24/h5-6,10-11,13-15,17H,3-4,7-9,12H2,1-2H3;5,10-15,17H,3-4,6-9H2,1-2H3. The Balaban J connectivity index is 0.000000188. The van der Waals surface area contributed by atoms with Gasteiger partial charge >= 0.3 is 0 Å². The minimum Gasteiger partial charge on any atom is -0.203 e. The van der Waals surface area contributed by atoms with Gasteiger partial charge in [0.15, 0.2) is 23.3 Å². The quantitative estimate of drug-likeness (QED) is 0.166. The van der Waals surface area contributed by atoms with E-state index in [9.17, 15) is 17.6 Å². The molecule has 2 aliphatic carbocycles. The van der Waals surface area contributed by atoms with Crippen LogP contribution in [-0.2, 0) is 12.8 Å². The SMILES string of the molecule is Cc1ccc(-c2ccc(CCC3CCC(C)CC3)c(F)c2F)cc1.Cc1ccc(-c2ccc(CCC3CCC(C)CC3)cc2)c(F)c1F. The lowest BCUT2D eigenvalue weighted by atomic mass is 9.80. The summed E-state index contributed by atoms with van der Waals surface area (Å²) in [5.74, 6) is 0.354. The van der Waals surface area contributed by atoms with Crippen molar-refractivity contribution in [1.29, 1.82) is 0 Å². The van der Waals surface area contributed by atoms with Crippen LogP contribution in [0.1, 0.15) is 100 Å². The van der Waals surface area contributed by atoms with Gasteiger partial charge in [-0.15, -0.1) is 0 Å². The van der Waals surface area contributed by atoms with E-state index >= 15 is 0 Å². The first-order valence-corrected chi connectivity index (χ1v) is 18.2. The van der Waals surface area contributed by atoms with Crippen LogP contribution in [0.15, 0.2) is 72.8 Å². The molecule has 0 heterocycles. The molecule has 0 atom stereocenters. The molecule has 2 fully saturated rings. The highest BCUT2D eigenvalue weighted by molar-refractivity contribution is 5.66. The topological polar surface area (TPSA) is 0 Å². The molecule has 0 aliphatic heterocycles. The van der Waals surface area contributed by atoms with E-state index in [0.29, 0.717) is 34.6 Å². The normalized spacial score (nSPS) is 21.0. The summed E-state index contributed by atoms with van der Waals surface area (Å²) in [5.41, 5.74) is 5.40. The zero-order valence-electron chi connectivity index (χ0n) is 29.2. The fourth-order valence-electron chi connectivity index (χ4n) is 7.42. The molecular weight excluding hydrogens is 604 g/mol. The van der Waals surface area contributed by atoms with E-state index in [2.05, 4.69) is 26.0 Å². The van der Waals surface area contributed by atoms with Gasteiger partial charge in [-0.2, -0.15) is 0 Å². The molecule has 0 bridgehead atoms. The van der Waals surface area contributed by atoms with Crippen molar-refractivity contribution in [2.24, 2.45) is 23.7 Å². The molecule has 2 saturated carbocycles. The van der Waals surface area contributed by atoms with E-state index in [0.717, 1.165) is 47.3 Å². The van der Waals surface area contributed by atoms with Crippen molar-refractivity contribution >= 4 is 0 Å². The fourth-order valence-corrected chi connectivity index (χ4v) is 7.42. The number of hydrogen-bond acceptors (Lipinski definition) is 0. The molecule has 0 amide bonds. The minimum atomic E-state index is -0.751. The minimum absolute atomic E-state index is 0.339. The molecule has 0 N–H and O–H groups in total. The Kier molecular flexibility index (Phi) is 12.6. The summed E-state index contributed by atoms with van der Waals surface area (Å²) >= 11 is 0. The molecule has 4 heteroatoms. The van der Waals surface area contributed by atoms with Gasteiger partial charge in [0.05, 0.1) is 0 Å². The summed E-state index contributed by atoms with van der Waals surface area (Å²) in [4.78, 5) is 0. The second-order valence-corrected chi connectivity index (χ2v) is 14.9. The highest BCUT2D eigenvalue weighted by Gasteiger charge is 2.21. The molecule has 0 saturated heterocycles. The Hall–Kier alpha value is -3.40. The molecular formula is C44H52F4. The lowest BCUT2D eigenvalue weighted by Gasteiger charge is -2.26. The van der Waals surface area contributed by atoms with Crippen LogP contribution >= 0.6 is 0 Å². The summed E-state index contributed by atoms with van der Waals surface area (Å²) in [6.07, 6.45) is 14.3. The van der Waals surface area contributed by atoms with Crippen LogP contribution in [0.3, 0.4) is 0 Å². The van der Waals surface area contributed by atoms with E-state index in [1.165, 1.54) is 63.4 Å². The van der Waals surface area contributed by atoms with Crippen LogP contribution in [0.4, 0.5) is 17.6 Å². The maximum absolute atomic E-state index is 14.5. The van der Waals surface area contributed by atoms with Gasteiger partial charge in [0.1, 0.15) is 0 Å². The van der Waals surface area contributed by atoms with Crippen LogP contribution in [0, 0.1) is 60.8 Å². The van der Waals surface area contributed by atoms with Crippen LogP contribution in [-0.4, -0.2) is 0 Å². The van der Waals surface area contributed by atoms with Crippen molar-refractivity contribution in [3.8, 4) is 22.3 Å². The van der Waals surface area contributed by atoms with E-state index in [1.54, 1.807) is 31.2 Å². The lowest BCUT2D eigenvalue weighted by Crippen LogP contribution is -2.13. The molecule has 0 unspecified atom stereocenters. The lowest BCUT2D eigenvalue weighted by molar-refractivity contribution is 0.277. The summed E-state index contributed by atoms with van der Waals surface area (Å²) in [7, 11) is 0.